The van der Waals surface area contributed by atoms with Crippen LogP contribution in [0.4, 0.5) is 0 Å². The molecule has 0 heteroatoms. The van der Waals surface area contributed by atoms with Gasteiger partial charge in [0.2, 0.25) is 0 Å². The minimum Gasteiger partial charge on any atom is -0.103 e. The number of rotatable bonds is 6. The summed E-state index contributed by atoms with van der Waals surface area (Å²) in [6.45, 7) is 17.7. The minimum atomic E-state index is 0. The molecule has 0 aromatic carbocycles. The van der Waals surface area contributed by atoms with Gasteiger partial charge in [-0.1, -0.05) is 69.2 Å². The number of hydrogen-bond acceptors (Lipinski definition) is 0. The lowest BCUT2D eigenvalue weighted by atomic mass is 10.1. The molecule has 0 bridgehead atoms. The molecule has 0 aliphatic carbocycles. The van der Waals surface area contributed by atoms with Gasteiger partial charge in [0.15, 0.2) is 0 Å². The van der Waals surface area contributed by atoms with Gasteiger partial charge in [-0.3, -0.25) is 0 Å². The zero-order valence-corrected chi connectivity index (χ0v) is 16.6. The third kappa shape index (κ3) is 33.8. The summed E-state index contributed by atoms with van der Waals surface area (Å²) < 4.78 is 0. The Hall–Kier alpha value is -0.880. The third-order valence-corrected chi connectivity index (χ3v) is 2.96. The van der Waals surface area contributed by atoms with Crippen molar-refractivity contribution in [1.29, 1.82) is 0 Å². The molecule has 0 rings (SSSR count). The average molecular weight is 321 g/mol. The first-order valence-electron chi connectivity index (χ1n) is 9.19. The second-order valence-corrected chi connectivity index (χ2v) is 7.65. The van der Waals surface area contributed by atoms with E-state index in [0.717, 1.165) is 37.0 Å². The molecule has 0 unspecified atom stereocenters. The summed E-state index contributed by atoms with van der Waals surface area (Å²) in [6.07, 6.45) is 7.02. The van der Waals surface area contributed by atoms with Crippen LogP contribution in [0.1, 0.15) is 101 Å². The second kappa shape index (κ2) is 19.2. The van der Waals surface area contributed by atoms with Crippen LogP contribution in [0, 0.1) is 47.4 Å². The Kier molecular flexibility index (Phi) is 22.5. The van der Waals surface area contributed by atoms with Gasteiger partial charge < -0.3 is 0 Å². The molecule has 0 amide bonds. The molecular weight excluding hydrogens is 276 g/mol. The van der Waals surface area contributed by atoms with Crippen LogP contribution in [0.15, 0.2) is 0 Å². The van der Waals surface area contributed by atoms with Crippen molar-refractivity contribution >= 4 is 0 Å². The molecule has 0 spiro atoms. The van der Waals surface area contributed by atoms with E-state index in [2.05, 4.69) is 79.1 Å². The molecule has 0 heterocycles. The van der Waals surface area contributed by atoms with Crippen LogP contribution in [-0.4, -0.2) is 0 Å². The van der Waals surface area contributed by atoms with Gasteiger partial charge in [0.05, 0.1) is 0 Å². The van der Waals surface area contributed by atoms with E-state index in [4.69, 9.17) is 0 Å². The van der Waals surface area contributed by atoms with Crippen molar-refractivity contribution in [3.05, 3.63) is 0 Å². The van der Waals surface area contributed by atoms with Gasteiger partial charge in [0.1, 0.15) is 0 Å². The Morgan fingerprint density at radius 3 is 1.61 bits per heavy atom. The van der Waals surface area contributed by atoms with Crippen molar-refractivity contribution in [2.45, 2.75) is 101 Å². The Bertz CT molecular complexity index is 336. The SMILES string of the molecule is C.CC(C)C#CCCCC(C)C.CC(C)CC#CCCC(C)C. The quantitative estimate of drug-likeness (QED) is 0.349. The molecule has 136 valence electrons. The highest BCUT2D eigenvalue weighted by Gasteiger charge is 1.91. The Labute approximate surface area is 149 Å². The van der Waals surface area contributed by atoms with Crippen molar-refractivity contribution < 1.29 is 0 Å². The fraction of sp³-hybridized carbons (Fsp3) is 0.826. The third-order valence-electron chi connectivity index (χ3n) is 2.96. The maximum atomic E-state index is 3.20. The van der Waals surface area contributed by atoms with E-state index in [1.165, 1.54) is 19.3 Å². The molecule has 0 nitrogen and oxygen atoms in total. The Morgan fingerprint density at radius 2 is 1.17 bits per heavy atom. The fourth-order valence-electron chi connectivity index (χ4n) is 1.60. The lowest BCUT2D eigenvalue weighted by molar-refractivity contribution is 0.562. The predicted molar refractivity (Wildman–Crippen MR) is 109 cm³/mol. The van der Waals surface area contributed by atoms with E-state index < -0.39 is 0 Å². The summed E-state index contributed by atoms with van der Waals surface area (Å²) in [7, 11) is 0. The topological polar surface area (TPSA) is 0 Å². The van der Waals surface area contributed by atoms with E-state index in [1.54, 1.807) is 0 Å². The van der Waals surface area contributed by atoms with E-state index in [-0.39, 0.29) is 7.43 Å². The standard InChI is InChI=1S/2C11H20.CH4/c2*1-10(2)8-6-5-7-9-11(3)4;/h10-11H,6,8-9H2,1-4H3;10-11H,5-6,8H2,1-4H3;1H4. The fourth-order valence-corrected chi connectivity index (χ4v) is 1.60. The molecule has 0 saturated carbocycles. The molecule has 0 aliphatic heterocycles. The van der Waals surface area contributed by atoms with Crippen molar-refractivity contribution in [1.82, 2.24) is 0 Å². The van der Waals surface area contributed by atoms with Crippen molar-refractivity contribution in [2.24, 2.45) is 23.7 Å². The highest BCUT2D eigenvalue weighted by Crippen LogP contribution is 2.05. The lowest BCUT2D eigenvalue weighted by Gasteiger charge is -1.99. The van der Waals surface area contributed by atoms with Crippen molar-refractivity contribution in [3.8, 4) is 23.7 Å². The van der Waals surface area contributed by atoms with Crippen LogP contribution in [0.25, 0.3) is 0 Å². The van der Waals surface area contributed by atoms with Gasteiger partial charge in [-0.2, -0.15) is 0 Å². The summed E-state index contributed by atoms with van der Waals surface area (Å²) in [4.78, 5) is 0. The maximum Gasteiger partial charge on any atom is 0.0146 e. The first kappa shape index (κ1) is 27.0. The van der Waals surface area contributed by atoms with Gasteiger partial charge >= 0.3 is 0 Å². The van der Waals surface area contributed by atoms with Gasteiger partial charge in [-0.05, 0) is 30.6 Å². The molecule has 23 heavy (non-hydrogen) atoms. The summed E-state index contributed by atoms with van der Waals surface area (Å²) in [5.74, 6) is 15.6. The van der Waals surface area contributed by atoms with Crippen LogP contribution < -0.4 is 0 Å². The zero-order valence-electron chi connectivity index (χ0n) is 16.6. The molecule has 0 aromatic heterocycles. The first-order valence-corrected chi connectivity index (χ1v) is 9.19. The smallest absolute Gasteiger partial charge is 0.0146 e. The molecule has 0 aliphatic rings. The largest absolute Gasteiger partial charge is 0.103 e. The van der Waals surface area contributed by atoms with E-state index in [9.17, 15) is 0 Å². The Balaban J connectivity index is -0.000000333. The molecule has 0 atom stereocenters. The number of unbranched alkanes of at least 4 members (excludes halogenated alkanes) is 1. The van der Waals surface area contributed by atoms with Gasteiger partial charge in [-0.25, -0.2) is 0 Å². The lowest BCUT2D eigenvalue weighted by Crippen LogP contribution is -1.85. The zero-order chi connectivity index (χ0) is 17.4. The molecule has 0 radical (unpaired) electrons. The molecule has 0 N–H and O–H groups in total. The molecule has 0 saturated heterocycles. The summed E-state index contributed by atoms with van der Waals surface area (Å²) in [5, 5.41) is 0. The highest BCUT2D eigenvalue weighted by molar-refractivity contribution is 5.01. The van der Waals surface area contributed by atoms with E-state index >= 15 is 0 Å². The molecular formula is C23H44. The van der Waals surface area contributed by atoms with Gasteiger partial charge in [0.25, 0.3) is 0 Å². The van der Waals surface area contributed by atoms with E-state index in [1.807, 2.05) is 0 Å². The summed E-state index contributed by atoms with van der Waals surface area (Å²) in [6, 6.07) is 0. The second-order valence-electron chi connectivity index (χ2n) is 7.65. The Morgan fingerprint density at radius 1 is 0.609 bits per heavy atom. The van der Waals surface area contributed by atoms with Crippen LogP contribution in [0.5, 0.6) is 0 Å². The number of hydrogen-bond donors (Lipinski definition) is 0. The normalized spacial score (nSPS) is 9.57. The summed E-state index contributed by atoms with van der Waals surface area (Å²) in [5.41, 5.74) is 0. The van der Waals surface area contributed by atoms with Gasteiger partial charge in [-0.15, -0.1) is 23.7 Å². The van der Waals surface area contributed by atoms with Crippen LogP contribution >= 0.6 is 0 Å². The van der Waals surface area contributed by atoms with Crippen molar-refractivity contribution in [2.75, 3.05) is 0 Å². The molecule has 0 aromatic rings. The van der Waals surface area contributed by atoms with E-state index in [0.29, 0.717) is 5.92 Å². The monoisotopic (exact) mass is 320 g/mol. The predicted octanol–water partition coefficient (Wildman–Crippen LogP) is 7.58. The van der Waals surface area contributed by atoms with Crippen LogP contribution in [0.2, 0.25) is 0 Å². The maximum absolute atomic E-state index is 3.20. The van der Waals surface area contributed by atoms with Gasteiger partial charge in [0, 0.05) is 25.2 Å². The van der Waals surface area contributed by atoms with Crippen LogP contribution in [-0.2, 0) is 0 Å². The molecule has 0 fully saturated rings. The highest BCUT2D eigenvalue weighted by atomic mass is 14.0. The van der Waals surface area contributed by atoms with Crippen molar-refractivity contribution in [3.63, 3.8) is 0 Å². The summed E-state index contributed by atoms with van der Waals surface area (Å²) >= 11 is 0. The average Bonchev–Trinajstić information content (AvgIpc) is 2.37. The van der Waals surface area contributed by atoms with Crippen LogP contribution in [0.3, 0.4) is 0 Å². The minimum absolute atomic E-state index is 0. The first-order chi connectivity index (χ1) is 10.3.